The van der Waals surface area contributed by atoms with Crippen molar-refractivity contribution in [1.29, 1.82) is 0 Å². The van der Waals surface area contributed by atoms with E-state index in [2.05, 4.69) is 22.0 Å². The third-order valence-electron chi connectivity index (χ3n) is 3.34. The van der Waals surface area contributed by atoms with Crippen molar-refractivity contribution < 1.29 is 0 Å². The van der Waals surface area contributed by atoms with E-state index in [0.29, 0.717) is 10.0 Å². The summed E-state index contributed by atoms with van der Waals surface area (Å²) in [7, 11) is 0. The average molecular weight is 305 g/mol. The summed E-state index contributed by atoms with van der Waals surface area (Å²) in [5.41, 5.74) is 2.23. The molecule has 0 atom stereocenters. The number of rotatable bonds is 3. The standard InChI is InChI=1S/C16H14Cl2N2/c17-13-6-7-15(14(18)11-13)20-9-8-19-16(20)10-12-4-2-1-3-5-12/h1-7,11H,8-10H2. The van der Waals surface area contributed by atoms with Gasteiger partial charge in [0, 0.05) is 18.0 Å². The van der Waals surface area contributed by atoms with Crippen LogP contribution in [0, 0.1) is 0 Å². The topological polar surface area (TPSA) is 15.6 Å². The Morgan fingerprint density at radius 1 is 1.05 bits per heavy atom. The van der Waals surface area contributed by atoms with E-state index < -0.39 is 0 Å². The number of amidine groups is 1. The van der Waals surface area contributed by atoms with Gasteiger partial charge in [0.2, 0.25) is 0 Å². The first-order valence-corrected chi connectivity index (χ1v) is 7.29. The second kappa shape index (κ2) is 5.86. The van der Waals surface area contributed by atoms with Gasteiger partial charge >= 0.3 is 0 Å². The van der Waals surface area contributed by atoms with Crippen molar-refractivity contribution in [1.82, 2.24) is 0 Å². The summed E-state index contributed by atoms with van der Waals surface area (Å²) in [5, 5.41) is 1.32. The fourth-order valence-electron chi connectivity index (χ4n) is 2.38. The van der Waals surface area contributed by atoms with E-state index in [-0.39, 0.29) is 0 Å². The van der Waals surface area contributed by atoms with E-state index >= 15 is 0 Å². The third kappa shape index (κ3) is 2.82. The third-order valence-corrected chi connectivity index (χ3v) is 3.87. The van der Waals surface area contributed by atoms with E-state index in [4.69, 9.17) is 23.2 Å². The van der Waals surface area contributed by atoms with Crippen LogP contribution < -0.4 is 4.90 Å². The first-order valence-electron chi connectivity index (χ1n) is 6.54. The predicted octanol–water partition coefficient (Wildman–Crippen LogP) is 4.45. The van der Waals surface area contributed by atoms with Gasteiger partial charge in [-0.1, -0.05) is 53.5 Å². The van der Waals surface area contributed by atoms with Crippen molar-refractivity contribution in [2.45, 2.75) is 6.42 Å². The van der Waals surface area contributed by atoms with Gasteiger partial charge in [0.25, 0.3) is 0 Å². The smallest absolute Gasteiger partial charge is 0.108 e. The van der Waals surface area contributed by atoms with E-state index in [9.17, 15) is 0 Å². The lowest BCUT2D eigenvalue weighted by atomic mass is 10.1. The number of benzene rings is 2. The molecule has 2 aromatic carbocycles. The van der Waals surface area contributed by atoms with Gasteiger partial charge in [-0.25, -0.2) is 0 Å². The Balaban J connectivity index is 1.85. The fourth-order valence-corrected chi connectivity index (χ4v) is 2.89. The highest BCUT2D eigenvalue weighted by Crippen LogP contribution is 2.30. The summed E-state index contributed by atoms with van der Waals surface area (Å²) in [6.45, 7) is 1.67. The summed E-state index contributed by atoms with van der Waals surface area (Å²) in [6, 6.07) is 15.9. The first kappa shape index (κ1) is 13.5. The Hall–Kier alpha value is -1.51. The molecule has 0 N–H and O–H groups in total. The van der Waals surface area contributed by atoms with Crippen molar-refractivity contribution >= 4 is 34.7 Å². The van der Waals surface area contributed by atoms with Crippen LogP contribution in [0.2, 0.25) is 10.0 Å². The van der Waals surface area contributed by atoms with E-state index in [0.717, 1.165) is 31.0 Å². The van der Waals surface area contributed by atoms with E-state index in [1.807, 2.05) is 30.3 Å². The Labute approximate surface area is 128 Å². The molecule has 1 aliphatic rings. The highest BCUT2D eigenvalue weighted by atomic mass is 35.5. The summed E-state index contributed by atoms with van der Waals surface area (Å²) >= 11 is 12.3. The van der Waals surface area contributed by atoms with Gasteiger partial charge < -0.3 is 4.90 Å². The molecule has 0 fully saturated rings. The molecule has 0 saturated heterocycles. The number of hydrogen-bond acceptors (Lipinski definition) is 2. The zero-order valence-corrected chi connectivity index (χ0v) is 12.4. The van der Waals surface area contributed by atoms with Gasteiger partial charge in [-0.2, -0.15) is 0 Å². The number of anilines is 1. The number of nitrogens with zero attached hydrogens (tertiary/aromatic N) is 2. The highest BCUT2D eigenvalue weighted by molar-refractivity contribution is 6.36. The van der Waals surface area contributed by atoms with Gasteiger partial charge in [-0.3, -0.25) is 4.99 Å². The molecule has 0 unspecified atom stereocenters. The van der Waals surface area contributed by atoms with Crippen LogP contribution in [0.3, 0.4) is 0 Å². The molecule has 0 amide bonds. The van der Waals surface area contributed by atoms with Crippen LogP contribution >= 0.6 is 23.2 Å². The fraction of sp³-hybridized carbons (Fsp3) is 0.188. The second-order valence-electron chi connectivity index (χ2n) is 4.71. The van der Waals surface area contributed by atoms with Crippen molar-refractivity contribution in [3.05, 3.63) is 64.1 Å². The van der Waals surface area contributed by atoms with Gasteiger partial charge in [0.05, 0.1) is 17.3 Å². The largest absolute Gasteiger partial charge is 0.327 e. The number of halogens is 2. The number of aliphatic imine (C=N–C) groups is 1. The molecule has 4 heteroatoms. The van der Waals surface area contributed by atoms with Crippen molar-refractivity contribution in [3.8, 4) is 0 Å². The molecule has 0 saturated carbocycles. The molecule has 2 nitrogen and oxygen atoms in total. The minimum absolute atomic E-state index is 0.652. The highest BCUT2D eigenvalue weighted by Gasteiger charge is 2.20. The zero-order valence-electron chi connectivity index (χ0n) is 10.9. The van der Waals surface area contributed by atoms with Crippen LogP contribution in [0.5, 0.6) is 0 Å². The Kier molecular flexibility index (Phi) is 3.95. The van der Waals surface area contributed by atoms with Crippen molar-refractivity contribution in [3.63, 3.8) is 0 Å². The maximum absolute atomic E-state index is 6.30. The SMILES string of the molecule is Clc1ccc(N2CCN=C2Cc2ccccc2)c(Cl)c1. The van der Waals surface area contributed by atoms with Gasteiger partial charge in [0.15, 0.2) is 0 Å². The Bertz CT molecular complexity index is 638. The van der Waals surface area contributed by atoms with Gasteiger partial charge in [0.1, 0.15) is 5.84 Å². The lowest BCUT2D eigenvalue weighted by molar-refractivity contribution is 1.02. The molecule has 2 aromatic rings. The molecular weight excluding hydrogens is 291 g/mol. The van der Waals surface area contributed by atoms with Crippen LogP contribution in [0.1, 0.15) is 5.56 Å². The molecule has 3 rings (SSSR count). The lowest BCUT2D eigenvalue weighted by Crippen LogP contribution is -2.29. The summed E-state index contributed by atoms with van der Waals surface area (Å²) in [4.78, 5) is 6.78. The maximum atomic E-state index is 6.30. The summed E-state index contributed by atoms with van der Waals surface area (Å²) < 4.78 is 0. The molecule has 0 aromatic heterocycles. The predicted molar refractivity (Wildman–Crippen MR) is 86.3 cm³/mol. The van der Waals surface area contributed by atoms with Crippen LogP contribution in [-0.2, 0) is 6.42 Å². The molecule has 0 radical (unpaired) electrons. The van der Waals surface area contributed by atoms with Gasteiger partial charge in [-0.05, 0) is 23.8 Å². The summed E-state index contributed by atoms with van der Waals surface area (Å²) in [5.74, 6) is 1.06. The van der Waals surface area contributed by atoms with Crippen LogP contribution in [-0.4, -0.2) is 18.9 Å². The van der Waals surface area contributed by atoms with Crippen molar-refractivity contribution in [2.75, 3.05) is 18.0 Å². The molecule has 0 aliphatic carbocycles. The molecule has 0 spiro atoms. The summed E-state index contributed by atoms with van der Waals surface area (Å²) in [6.07, 6.45) is 0.819. The monoisotopic (exact) mass is 304 g/mol. The van der Waals surface area contributed by atoms with Crippen LogP contribution in [0.25, 0.3) is 0 Å². The van der Waals surface area contributed by atoms with E-state index in [1.165, 1.54) is 5.56 Å². The Morgan fingerprint density at radius 3 is 2.60 bits per heavy atom. The molecular formula is C16H14Cl2N2. The Morgan fingerprint density at radius 2 is 1.85 bits per heavy atom. The second-order valence-corrected chi connectivity index (χ2v) is 5.55. The average Bonchev–Trinajstić information content (AvgIpc) is 2.88. The molecule has 102 valence electrons. The number of hydrogen-bond donors (Lipinski definition) is 0. The molecule has 0 bridgehead atoms. The molecule has 20 heavy (non-hydrogen) atoms. The molecule has 1 heterocycles. The first-order chi connectivity index (χ1) is 9.74. The van der Waals surface area contributed by atoms with E-state index in [1.54, 1.807) is 6.07 Å². The normalized spacial score (nSPS) is 14.5. The van der Waals surface area contributed by atoms with Crippen LogP contribution in [0.4, 0.5) is 5.69 Å². The zero-order chi connectivity index (χ0) is 13.9. The minimum atomic E-state index is 0.652. The lowest BCUT2D eigenvalue weighted by Gasteiger charge is -2.22. The van der Waals surface area contributed by atoms with Crippen molar-refractivity contribution in [2.24, 2.45) is 4.99 Å². The minimum Gasteiger partial charge on any atom is -0.327 e. The van der Waals surface area contributed by atoms with Crippen LogP contribution in [0.15, 0.2) is 53.5 Å². The molecule has 1 aliphatic heterocycles. The van der Waals surface area contributed by atoms with Gasteiger partial charge in [-0.15, -0.1) is 0 Å². The quantitative estimate of drug-likeness (QED) is 0.817. The maximum Gasteiger partial charge on any atom is 0.108 e.